The van der Waals surface area contributed by atoms with Gasteiger partial charge in [-0.15, -0.1) is 11.3 Å². The number of benzene rings is 1. The molecule has 1 aromatic carbocycles. The van der Waals surface area contributed by atoms with Crippen molar-refractivity contribution in [3.05, 3.63) is 70.4 Å². The fourth-order valence-corrected chi connectivity index (χ4v) is 3.74. The van der Waals surface area contributed by atoms with E-state index in [-0.39, 0.29) is 15.6 Å². The number of nitrogens with zero attached hydrogens (tertiary/aromatic N) is 2. The van der Waals surface area contributed by atoms with Gasteiger partial charge in [0.2, 0.25) is 0 Å². The van der Waals surface area contributed by atoms with E-state index in [1.54, 1.807) is 18.3 Å². The predicted molar refractivity (Wildman–Crippen MR) is 107 cm³/mol. The van der Waals surface area contributed by atoms with Crippen LogP contribution in [0.15, 0.2) is 54.7 Å². The number of hydrogen-bond donors (Lipinski definition) is 2. The number of nitrogen functional groups attached to an aromatic ring is 1. The molecule has 0 aliphatic rings. The maximum atomic E-state index is 13.9. The van der Waals surface area contributed by atoms with Gasteiger partial charge in [-0.3, -0.25) is 9.78 Å². The Labute approximate surface area is 162 Å². The molecule has 27 heavy (non-hydrogen) atoms. The molecule has 0 saturated heterocycles. The van der Waals surface area contributed by atoms with Crippen molar-refractivity contribution in [2.45, 2.75) is 0 Å². The highest BCUT2D eigenvalue weighted by molar-refractivity contribution is 7.21. The lowest BCUT2D eigenvalue weighted by Gasteiger charge is -2.05. The van der Waals surface area contributed by atoms with E-state index in [4.69, 9.17) is 17.3 Å². The number of aromatic nitrogens is 2. The van der Waals surface area contributed by atoms with E-state index in [0.717, 1.165) is 23.1 Å². The fourth-order valence-electron chi connectivity index (χ4n) is 2.59. The van der Waals surface area contributed by atoms with Crippen LogP contribution in [0.1, 0.15) is 9.67 Å². The van der Waals surface area contributed by atoms with Crippen LogP contribution in [0.5, 0.6) is 0 Å². The zero-order chi connectivity index (χ0) is 19.0. The van der Waals surface area contributed by atoms with Crippen molar-refractivity contribution in [2.75, 3.05) is 11.1 Å². The summed E-state index contributed by atoms with van der Waals surface area (Å²) in [4.78, 5) is 22.3. The van der Waals surface area contributed by atoms with Crippen molar-refractivity contribution >= 4 is 50.4 Å². The summed E-state index contributed by atoms with van der Waals surface area (Å²) >= 11 is 6.88. The third-order valence-corrected chi connectivity index (χ3v) is 5.26. The average Bonchev–Trinajstić information content (AvgIpc) is 3.01. The van der Waals surface area contributed by atoms with Crippen molar-refractivity contribution in [2.24, 2.45) is 0 Å². The quantitative estimate of drug-likeness (QED) is 0.509. The molecule has 3 N–H and O–H groups in total. The summed E-state index contributed by atoms with van der Waals surface area (Å²) in [5.74, 6) is -1.12. The highest BCUT2D eigenvalue weighted by Gasteiger charge is 2.19. The Morgan fingerprint density at radius 2 is 2.00 bits per heavy atom. The second-order valence-corrected chi connectivity index (χ2v) is 7.12. The number of nitrogens with two attached hydrogens (primary N) is 1. The number of fused-ring (bicyclic) bond motifs is 1. The van der Waals surface area contributed by atoms with E-state index in [1.165, 1.54) is 12.1 Å². The molecule has 5 nitrogen and oxygen atoms in total. The van der Waals surface area contributed by atoms with Gasteiger partial charge in [-0.05, 0) is 42.5 Å². The van der Waals surface area contributed by atoms with Gasteiger partial charge in [0.25, 0.3) is 5.91 Å². The summed E-state index contributed by atoms with van der Waals surface area (Å²) in [6, 6.07) is 13.2. The number of hydrogen-bond acceptors (Lipinski definition) is 5. The van der Waals surface area contributed by atoms with Gasteiger partial charge in [0.1, 0.15) is 15.5 Å². The van der Waals surface area contributed by atoms with Gasteiger partial charge in [0.05, 0.1) is 22.8 Å². The molecular formula is C19H12ClFN4OS. The minimum absolute atomic E-state index is 0.0309. The normalized spacial score (nSPS) is 10.9. The average molecular weight is 399 g/mol. The first-order chi connectivity index (χ1) is 13.0. The summed E-state index contributed by atoms with van der Waals surface area (Å²) in [5, 5.41) is 3.44. The molecule has 0 saturated carbocycles. The molecule has 8 heteroatoms. The molecule has 3 aromatic heterocycles. The number of amides is 1. The van der Waals surface area contributed by atoms with Crippen LogP contribution in [0.2, 0.25) is 5.02 Å². The smallest absolute Gasteiger partial charge is 0.268 e. The van der Waals surface area contributed by atoms with Crippen LogP contribution in [0, 0.1) is 5.82 Å². The molecule has 0 radical (unpaired) electrons. The zero-order valence-electron chi connectivity index (χ0n) is 13.7. The van der Waals surface area contributed by atoms with Crippen molar-refractivity contribution in [1.82, 2.24) is 9.97 Å². The Morgan fingerprint density at radius 1 is 1.15 bits per heavy atom. The molecule has 3 heterocycles. The third-order valence-electron chi connectivity index (χ3n) is 3.91. The molecule has 0 atom stereocenters. The number of anilines is 2. The van der Waals surface area contributed by atoms with Gasteiger partial charge >= 0.3 is 0 Å². The first kappa shape index (κ1) is 17.4. The van der Waals surface area contributed by atoms with E-state index in [1.807, 2.05) is 18.2 Å². The van der Waals surface area contributed by atoms with Gasteiger partial charge < -0.3 is 11.1 Å². The summed E-state index contributed by atoms with van der Waals surface area (Å²) in [5.41, 5.74) is 7.87. The standard InChI is InChI=1S/C19H12ClFN4OS/c20-10-4-6-13(12(21)9-10)24-18(26)17-16(22)11-5-7-15(25-19(11)27-17)14-3-1-2-8-23-14/h1-9H,22H2,(H,24,26). The summed E-state index contributed by atoms with van der Waals surface area (Å²) in [7, 11) is 0. The number of rotatable bonds is 3. The Kier molecular flexibility index (Phi) is 4.47. The molecule has 4 aromatic rings. The molecule has 134 valence electrons. The van der Waals surface area contributed by atoms with Crippen LogP contribution < -0.4 is 11.1 Å². The Morgan fingerprint density at radius 3 is 2.74 bits per heavy atom. The topological polar surface area (TPSA) is 80.9 Å². The Balaban J connectivity index is 1.69. The highest BCUT2D eigenvalue weighted by Crippen LogP contribution is 2.34. The van der Waals surface area contributed by atoms with Gasteiger partial charge in [-0.25, -0.2) is 9.37 Å². The van der Waals surface area contributed by atoms with Crippen LogP contribution in [-0.2, 0) is 0 Å². The maximum Gasteiger partial charge on any atom is 0.268 e. The number of pyridine rings is 2. The zero-order valence-corrected chi connectivity index (χ0v) is 15.3. The van der Waals surface area contributed by atoms with Crippen LogP contribution in [0.25, 0.3) is 21.6 Å². The minimum Gasteiger partial charge on any atom is -0.397 e. The van der Waals surface area contributed by atoms with E-state index in [0.29, 0.717) is 21.6 Å². The van der Waals surface area contributed by atoms with Crippen molar-refractivity contribution in [1.29, 1.82) is 0 Å². The van der Waals surface area contributed by atoms with E-state index >= 15 is 0 Å². The summed E-state index contributed by atoms with van der Waals surface area (Å²) in [6.07, 6.45) is 1.68. The lowest BCUT2D eigenvalue weighted by atomic mass is 10.2. The molecule has 0 aliphatic carbocycles. The lowest BCUT2D eigenvalue weighted by molar-refractivity contribution is 0.103. The number of halogens is 2. The molecule has 4 rings (SSSR count). The van der Waals surface area contributed by atoms with E-state index < -0.39 is 11.7 Å². The highest BCUT2D eigenvalue weighted by atomic mass is 35.5. The van der Waals surface area contributed by atoms with Crippen LogP contribution in [-0.4, -0.2) is 15.9 Å². The fraction of sp³-hybridized carbons (Fsp3) is 0. The summed E-state index contributed by atoms with van der Waals surface area (Å²) < 4.78 is 13.9. The van der Waals surface area contributed by atoms with Crippen LogP contribution in [0.3, 0.4) is 0 Å². The molecular weight excluding hydrogens is 387 g/mol. The Bertz CT molecular complexity index is 1160. The van der Waals surface area contributed by atoms with Crippen LogP contribution >= 0.6 is 22.9 Å². The van der Waals surface area contributed by atoms with Crippen molar-refractivity contribution in [3.63, 3.8) is 0 Å². The number of carbonyl (C=O) groups is 1. The monoisotopic (exact) mass is 398 g/mol. The second kappa shape index (κ2) is 6.94. The van der Waals surface area contributed by atoms with Crippen LogP contribution in [0.4, 0.5) is 15.8 Å². The largest absolute Gasteiger partial charge is 0.397 e. The van der Waals surface area contributed by atoms with Gasteiger partial charge in [0, 0.05) is 16.6 Å². The Hall–Kier alpha value is -3.03. The van der Waals surface area contributed by atoms with E-state index in [9.17, 15) is 9.18 Å². The van der Waals surface area contributed by atoms with Crippen molar-refractivity contribution in [3.8, 4) is 11.4 Å². The first-order valence-corrected chi connectivity index (χ1v) is 9.09. The van der Waals surface area contributed by atoms with Crippen molar-refractivity contribution < 1.29 is 9.18 Å². The number of carbonyl (C=O) groups excluding carboxylic acids is 1. The lowest BCUT2D eigenvalue weighted by Crippen LogP contribution is -2.13. The maximum absolute atomic E-state index is 13.9. The molecule has 0 aliphatic heterocycles. The first-order valence-electron chi connectivity index (χ1n) is 7.90. The van der Waals surface area contributed by atoms with Gasteiger partial charge in [0.15, 0.2) is 0 Å². The number of nitrogens with one attached hydrogen (secondary N) is 1. The molecule has 1 amide bonds. The molecule has 0 bridgehead atoms. The second-order valence-electron chi connectivity index (χ2n) is 5.69. The number of thiophene rings is 1. The summed E-state index contributed by atoms with van der Waals surface area (Å²) in [6.45, 7) is 0. The third kappa shape index (κ3) is 3.34. The SMILES string of the molecule is Nc1c(C(=O)Nc2ccc(Cl)cc2F)sc2nc(-c3ccccn3)ccc12. The minimum atomic E-state index is -0.619. The predicted octanol–water partition coefficient (Wildman–Crippen LogP) is 4.99. The van der Waals surface area contributed by atoms with E-state index in [2.05, 4.69) is 15.3 Å². The molecule has 0 spiro atoms. The molecule has 0 unspecified atom stereocenters. The molecule has 0 fully saturated rings. The van der Waals surface area contributed by atoms with Gasteiger partial charge in [-0.1, -0.05) is 17.7 Å². The van der Waals surface area contributed by atoms with Gasteiger partial charge in [-0.2, -0.15) is 0 Å².